The van der Waals surface area contributed by atoms with Gasteiger partial charge in [0.15, 0.2) is 0 Å². The molecule has 1 aliphatic heterocycles. The molecule has 2 aromatic carbocycles. The van der Waals surface area contributed by atoms with E-state index in [1.165, 1.54) is 0 Å². The van der Waals surface area contributed by atoms with Crippen molar-refractivity contribution in [3.63, 3.8) is 0 Å². The molecule has 2 atom stereocenters. The average molecular weight is 351 g/mol. The van der Waals surface area contributed by atoms with Gasteiger partial charge in [-0.15, -0.1) is 0 Å². The zero-order valence-electron chi connectivity index (χ0n) is 15.3. The van der Waals surface area contributed by atoms with Crippen LogP contribution in [0, 0.1) is 0 Å². The molecule has 4 nitrogen and oxygen atoms in total. The number of hydrogen-bond acceptors (Lipinski definition) is 3. The van der Waals surface area contributed by atoms with Crippen LogP contribution in [0.15, 0.2) is 60.7 Å². The van der Waals surface area contributed by atoms with Gasteiger partial charge in [0.25, 0.3) is 0 Å². The molecule has 0 radical (unpaired) electrons. The predicted molar refractivity (Wildman–Crippen MR) is 103 cm³/mol. The Morgan fingerprint density at radius 1 is 1.15 bits per heavy atom. The summed E-state index contributed by atoms with van der Waals surface area (Å²) in [5, 5.41) is 0. The van der Waals surface area contributed by atoms with Crippen LogP contribution in [0.5, 0.6) is 5.75 Å². The molecule has 0 saturated carbocycles. The van der Waals surface area contributed by atoms with E-state index in [1.807, 2.05) is 79.4 Å². The average Bonchev–Trinajstić information content (AvgIpc) is 2.68. The van der Waals surface area contributed by atoms with Crippen LogP contribution in [0.4, 0.5) is 0 Å². The smallest absolute Gasteiger partial charge is 0.246 e. The summed E-state index contributed by atoms with van der Waals surface area (Å²) in [5.41, 5.74) is 2.11. The fourth-order valence-corrected chi connectivity index (χ4v) is 2.89. The number of nitrogens with zero attached hydrogens (tertiary/aromatic N) is 1. The number of amides is 1. The standard InChI is InChI=1S/C22H25NO3/c1-17-15-25-18(2)14-23(17)22(24)13-10-19-8-11-21(12-9-19)26-16-20-6-4-3-5-7-20/h3-13,17-18H,14-16H2,1-2H3/b13-10+/t17-,18+/m0/s1. The van der Waals surface area contributed by atoms with Crippen LogP contribution in [0.25, 0.3) is 6.08 Å². The SMILES string of the molecule is C[C@@H]1CN(C(=O)/C=C/c2ccc(OCc3ccccc3)cc2)[C@@H](C)CO1. The number of carbonyl (C=O) groups excluding carboxylic acids is 1. The van der Waals surface area contributed by atoms with E-state index in [0.717, 1.165) is 16.9 Å². The van der Waals surface area contributed by atoms with E-state index < -0.39 is 0 Å². The van der Waals surface area contributed by atoms with Crippen LogP contribution >= 0.6 is 0 Å². The molecule has 1 amide bonds. The minimum atomic E-state index is 0.0251. The van der Waals surface area contributed by atoms with Crippen molar-refractivity contribution in [3.8, 4) is 5.75 Å². The Labute approximate surface area is 155 Å². The summed E-state index contributed by atoms with van der Waals surface area (Å²) in [6, 6.07) is 17.9. The first-order valence-electron chi connectivity index (χ1n) is 8.99. The fourth-order valence-electron chi connectivity index (χ4n) is 2.89. The molecular formula is C22H25NO3. The Morgan fingerprint density at radius 2 is 1.88 bits per heavy atom. The van der Waals surface area contributed by atoms with Crippen LogP contribution in [-0.4, -0.2) is 36.1 Å². The van der Waals surface area contributed by atoms with Crippen molar-refractivity contribution in [3.05, 3.63) is 71.8 Å². The third kappa shape index (κ3) is 4.96. The third-order valence-electron chi connectivity index (χ3n) is 4.44. The molecule has 0 aliphatic carbocycles. The zero-order chi connectivity index (χ0) is 18.4. The van der Waals surface area contributed by atoms with Crippen LogP contribution in [0.1, 0.15) is 25.0 Å². The maximum absolute atomic E-state index is 12.4. The highest BCUT2D eigenvalue weighted by atomic mass is 16.5. The van der Waals surface area contributed by atoms with Crippen molar-refractivity contribution < 1.29 is 14.3 Å². The number of ether oxygens (including phenoxy) is 2. The Morgan fingerprint density at radius 3 is 2.62 bits per heavy atom. The summed E-state index contributed by atoms with van der Waals surface area (Å²) in [6.45, 7) is 5.77. The molecule has 3 rings (SSSR count). The zero-order valence-corrected chi connectivity index (χ0v) is 15.3. The molecule has 0 bridgehead atoms. The molecule has 1 saturated heterocycles. The maximum Gasteiger partial charge on any atom is 0.246 e. The van der Waals surface area contributed by atoms with Gasteiger partial charge < -0.3 is 14.4 Å². The monoisotopic (exact) mass is 351 g/mol. The lowest BCUT2D eigenvalue weighted by Gasteiger charge is -2.36. The second kappa shape index (κ2) is 8.68. The minimum Gasteiger partial charge on any atom is -0.489 e. The predicted octanol–water partition coefficient (Wildman–Crippen LogP) is 3.91. The minimum absolute atomic E-state index is 0.0251. The lowest BCUT2D eigenvalue weighted by atomic mass is 10.1. The second-order valence-electron chi connectivity index (χ2n) is 6.66. The Kier molecular flexibility index (Phi) is 6.08. The van der Waals surface area contributed by atoms with Crippen molar-refractivity contribution in [2.45, 2.75) is 32.6 Å². The molecule has 0 aromatic heterocycles. The van der Waals surface area contributed by atoms with Crippen molar-refractivity contribution in [1.82, 2.24) is 4.90 Å². The summed E-state index contributed by atoms with van der Waals surface area (Å²) >= 11 is 0. The largest absolute Gasteiger partial charge is 0.489 e. The first kappa shape index (κ1) is 18.2. The summed E-state index contributed by atoms with van der Waals surface area (Å²) in [6.07, 6.45) is 3.56. The van der Waals surface area contributed by atoms with Gasteiger partial charge in [-0.3, -0.25) is 4.79 Å². The highest BCUT2D eigenvalue weighted by Crippen LogP contribution is 2.16. The summed E-state index contributed by atoms with van der Waals surface area (Å²) in [4.78, 5) is 14.3. The maximum atomic E-state index is 12.4. The molecule has 1 heterocycles. The molecule has 0 unspecified atom stereocenters. The van der Waals surface area contributed by atoms with Crippen molar-refractivity contribution in [2.75, 3.05) is 13.2 Å². The molecular weight excluding hydrogens is 326 g/mol. The summed E-state index contributed by atoms with van der Waals surface area (Å²) < 4.78 is 11.3. The van der Waals surface area contributed by atoms with Gasteiger partial charge in [0.05, 0.1) is 18.8 Å². The number of morpholine rings is 1. The van der Waals surface area contributed by atoms with Gasteiger partial charge in [-0.1, -0.05) is 42.5 Å². The highest BCUT2D eigenvalue weighted by molar-refractivity contribution is 5.92. The van der Waals surface area contributed by atoms with E-state index in [0.29, 0.717) is 19.8 Å². The first-order valence-corrected chi connectivity index (χ1v) is 8.99. The van der Waals surface area contributed by atoms with Crippen LogP contribution < -0.4 is 4.74 Å². The quantitative estimate of drug-likeness (QED) is 0.767. The number of carbonyl (C=O) groups is 1. The van der Waals surface area contributed by atoms with Crippen molar-refractivity contribution >= 4 is 12.0 Å². The normalized spacial score (nSPS) is 20.3. The van der Waals surface area contributed by atoms with Gasteiger partial charge in [0.2, 0.25) is 5.91 Å². The van der Waals surface area contributed by atoms with Crippen molar-refractivity contribution in [2.24, 2.45) is 0 Å². The van der Waals surface area contributed by atoms with Gasteiger partial charge in [-0.05, 0) is 43.2 Å². The molecule has 136 valence electrons. The summed E-state index contributed by atoms with van der Waals surface area (Å²) in [5.74, 6) is 0.838. The first-order chi connectivity index (χ1) is 12.6. The van der Waals surface area contributed by atoms with E-state index in [-0.39, 0.29) is 18.1 Å². The number of benzene rings is 2. The fraction of sp³-hybridized carbons (Fsp3) is 0.318. The van der Waals surface area contributed by atoms with E-state index >= 15 is 0 Å². The molecule has 1 fully saturated rings. The molecule has 1 aliphatic rings. The summed E-state index contributed by atoms with van der Waals surface area (Å²) in [7, 11) is 0. The number of hydrogen-bond donors (Lipinski definition) is 0. The number of rotatable bonds is 5. The van der Waals surface area contributed by atoms with Gasteiger partial charge in [-0.2, -0.15) is 0 Å². The highest BCUT2D eigenvalue weighted by Gasteiger charge is 2.25. The molecule has 2 aromatic rings. The topological polar surface area (TPSA) is 38.8 Å². The molecule has 4 heteroatoms. The van der Waals surface area contributed by atoms with Crippen LogP contribution in [0.2, 0.25) is 0 Å². The van der Waals surface area contributed by atoms with Gasteiger partial charge in [0.1, 0.15) is 12.4 Å². The van der Waals surface area contributed by atoms with Gasteiger partial charge in [-0.25, -0.2) is 0 Å². The van der Waals surface area contributed by atoms with Gasteiger partial charge in [0, 0.05) is 12.6 Å². The van der Waals surface area contributed by atoms with Crippen LogP contribution in [-0.2, 0) is 16.1 Å². The van der Waals surface area contributed by atoms with Crippen molar-refractivity contribution in [1.29, 1.82) is 0 Å². The lowest BCUT2D eigenvalue weighted by Crippen LogP contribution is -2.49. The van der Waals surface area contributed by atoms with E-state index in [9.17, 15) is 4.79 Å². The lowest BCUT2D eigenvalue weighted by molar-refractivity contribution is -0.137. The van der Waals surface area contributed by atoms with E-state index in [2.05, 4.69) is 0 Å². The Hall–Kier alpha value is -2.59. The van der Waals surface area contributed by atoms with E-state index in [4.69, 9.17) is 9.47 Å². The van der Waals surface area contributed by atoms with Gasteiger partial charge >= 0.3 is 0 Å². The molecule has 0 spiro atoms. The Bertz CT molecular complexity index is 740. The molecule has 0 N–H and O–H groups in total. The third-order valence-corrected chi connectivity index (χ3v) is 4.44. The molecule has 26 heavy (non-hydrogen) atoms. The Balaban J connectivity index is 1.55. The van der Waals surface area contributed by atoms with E-state index in [1.54, 1.807) is 6.08 Å². The second-order valence-corrected chi connectivity index (χ2v) is 6.66. The van der Waals surface area contributed by atoms with Crippen LogP contribution in [0.3, 0.4) is 0 Å².